The van der Waals surface area contributed by atoms with E-state index in [2.05, 4.69) is 4.98 Å². The summed E-state index contributed by atoms with van der Waals surface area (Å²) >= 11 is 0. The predicted molar refractivity (Wildman–Crippen MR) is 85.2 cm³/mol. The van der Waals surface area contributed by atoms with Gasteiger partial charge in [-0.2, -0.15) is 0 Å². The number of nitrogens with zero attached hydrogens (tertiary/aromatic N) is 3. The average molecular weight is 341 g/mol. The molecule has 0 atom stereocenters. The van der Waals surface area contributed by atoms with Crippen LogP contribution in [0.1, 0.15) is 26.5 Å². The zero-order valence-corrected chi connectivity index (χ0v) is 12.9. The van der Waals surface area contributed by atoms with Crippen molar-refractivity contribution in [2.75, 3.05) is 7.11 Å². The van der Waals surface area contributed by atoms with Crippen LogP contribution in [0.2, 0.25) is 0 Å². The van der Waals surface area contributed by atoms with Crippen molar-refractivity contribution in [3.8, 4) is 5.75 Å². The third-order valence-electron chi connectivity index (χ3n) is 3.62. The summed E-state index contributed by atoms with van der Waals surface area (Å²) in [4.78, 5) is 38.0. The fraction of sp³-hybridized carbons (Fsp3) is 0.0625. The van der Waals surface area contributed by atoms with Gasteiger partial charge in [-0.15, -0.1) is 0 Å². The lowest BCUT2D eigenvalue weighted by Crippen LogP contribution is -2.08. The summed E-state index contributed by atoms with van der Waals surface area (Å²) in [5, 5.41) is 19.9. The molecule has 25 heavy (non-hydrogen) atoms. The molecular weight excluding hydrogens is 330 g/mol. The van der Waals surface area contributed by atoms with E-state index in [-0.39, 0.29) is 28.4 Å². The molecule has 0 saturated carbocycles. The Bertz CT molecular complexity index is 1020. The first-order chi connectivity index (χ1) is 11.9. The summed E-state index contributed by atoms with van der Waals surface area (Å²) in [6, 6.07) is 6.51. The molecule has 0 saturated heterocycles. The summed E-state index contributed by atoms with van der Waals surface area (Å²) in [5.74, 6) is -1.54. The van der Waals surface area contributed by atoms with Crippen molar-refractivity contribution in [2.45, 2.75) is 0 Å². The van der Waals surface area contributed by atoms with Gasteiger partial charge in [-0.3, -0.25) is 19.3 Å². The van der Waals surface area contributed by atoms with E-state index in [4.69, 9.17) is 9.84 Å². The van der Waals surface area contributed by atoms with Crippen LogP contribution in [0, 0.1) is 10.1 Å². The highest BCUT2D eigenvalue weighted by molar-refractivity contribution is 6.07. The number of pyridine rings is 1. The van der Waals surface area contributed by atoms with Crippen molar-refractivity contribution in [2.24, 2.45) is 0 Å². The predicted octanol–water partition coefficient (Wildman–Crippen LogP) is 2.18. The monoisotopic (exact) mass is 341 g/mol. The van der Waals surface area contributed by atoms with E-state index in [1.807, 2.05) is 0 Å². The molecule has 0 bridgehead atoms. The van der Waals surface area contributed by atoms with Gasteiger partial charge in [-0.05, 0) is 24.3 Å². The molecular formula is C16H11N3O6. The van der Waals surface area contributed by atoms with Gasteiger partial charge in [0, 0.05) is 17.8 Å². The third kappa shape index (κ3) is 2.78. The number of nitro groups is 1. The summed E-state index contributed by atoms with van der Waals surface area (Å²) in [6.07, 6.45) is 2.81. The molecule has 126 valence electrons. The summed E-state index contributed by atoms with van der Waals surface area (Å²) in [5.41, 5.74) is 0.427. The standard InChI is InChI=1S/C16H11N3O6/c1-25-13-7-9(2-3-12(13)19(23)24)14(20)15-17-8-11-6-10(16(21)22)4-5-18(11)15/h2-8H,1H3,(H,21,22). The lowest BCUT2D eigenvalue weighted by molar-refractivity contribution is -0.385. The van der Waals surface area contributed by atoms with Crippen molar-refractivity contribution in [3.05, 3.63) is 69.8 Å². The molecule has 2 aromatic heterocycles. The van der Waals surface area contributed by atoms with Gasteiger partial charge < -0.3 is 9.84 Å². The number of ketones is 1. The normalized spacial score (nSPS) is 10.6. The number of carbonyl (C=O) groups excluding carboxylic acids is 1. The smallest absolute Gasteiger partial charge is 0.335 e. The summed E-state index contributed by atoms with van der Waals surface area (Å²) in [7, 11) is 1.27. The highest BCUT2D eigenvalue weighted by atomic mass is 16.6. The van der Waals surface area contributed by atoms with Crippen LogP contribution in [0.15, 0.2) is 42.7 Å². The third-order valence-corrected chi connectivity index (χ3v) is 3.62. The zero-order valence-electron chi connectivity index (χ0n) is 12.9. The van der Waals surface area contributed by atoms with E-state index >= 15 is 0 Å². The van der Waals surface area contributed by atoms with Crippen molar-refractivity contribution in [3.63, 3.8) is 0 Å². The molecule has 0 fully saturated rings. The van der Waals surface area contributed by atoms with E-state index in [1.165, 1.54) is 54.2 Å². The van der Waals surface area contributed by atoms with E-state index in [9.17, 15) is 19.7 Å². The minimum atomic E-state index is -1.09. The number of aromatic carboxylic acids is 1. The Hall–Kier alpha value is -3.75. The van der Waals surface area contributed by atoms with Crippen LogP contribution in [0.25, 0.3) is 5.52 Å². The van der Waals surface area contributed by atoms with Crippen LogP contribution in [-0.2, 0) is 0 Å². The number of benzene rings is 1. The number of nitro benzene ring substituents is 1. The highest BCUT2D eigenvalue weighted by Crippen LogP contribution is 2.28. The molecule has 0 aliphatic rings. The Balaban J connectivity index is 2.05. The van der Waals surface area contributed by atoms with Gasteiger partial charge in [0.15, 0.2) is 11.6 Å². The average Bonchev–Trinajstić information content (AvgIpc) is 3.03. The second kappa shape index (κ2) is 6.04. The number of rotatable bonds is 5. The van der Waals surface area contributed by atoms with E-state index in [0.29, 0.717) is 5.52 Å². The van der Waals surface area contributed by atoms with E-state index < -0.39 is 16.7 Å². The zero-order chi connectivity index (χ0) is 18.1. The number of hydrogen-bond donors (Lipinski definition) is 1. The maximum absolute atomic E-state index is 12.7. The van der Waals surface area contributed by atoms with Gasteiger partial charge in [0.2, 0.25) is 5.78 Å². The number of carbonyl (C=O) groups is 2. The molecule has 3 aromatic rings. The van der Waals surface area contributed by atoms with Gasteiger partial charge >= 0.3 is 11.7 Å². The van der Waals surface area contributed by atoms with Crippen LogP contribution in [-0.4, -0.2) is 38.3 Å². The van der Waals surface area contributed by atoms with Gasteiger partial charge in [0.05, 0.1) is 29.3 Å². The maximum Gasteiger partial charge on any atom is 0.335 e. The minimum absolute atomic E-state index is 0.0372. The largest absolute Gasteiger partial charge is 0.490 e. The number of ether oxygens (including phenoxy) is 1. The number of aromatic nitrogens is 2. The highest BCUT2D eigenvalue weighted by Gasteiger charge is 2.21. The first-order valence-corrected chi connectivity index (χ1v) is 7.00. The quantitative estimate of drug-likeness (QED) is 0.428. The van der Waals surface area contributed by atoms with Crippen LogP contribution in [0.3, 0.4) is 0 Å². The Kier molecular flexibility index (Phi) is 3.89. The fourth-order valence-corrected chi connectivity index (χ4v) is 2.40. The molecule has 0 aliphatic carbocycles. The number of hydrogen-bond acceptors (Lipinski definition) is 6. The number of fused-ring (bicyclic) bond motifs is 1. The van der Waals surface area contributed by atoms with Gasteiger partial charge in [-0.1, -0.05) is 0 Å². The Morgan fingerprint density at radius 1 is 1.24 bits per heavy atom. The van der Waals surface area contributed by atoms with Crippen LogP contribution >= 0.6 is 0 Å². The number of carboxylic acid groups (broad SMARTS) is 1. The van der Waals surface area contributed by atoms with Crippen LogP contribution in [0.5, 0.6) is 5.75 Å². The van der Waals surface area contributed by atoms with E-state index in [0.717, 1.165) is 0 Å². The van der Waals surface area contributed by atoms with Crippen molar-refractivity contribution in [1.82, 2.24) is 9.38 Å². The Morgan fingerprint density at radius 3 is 2.64 bits per heavy atom. The van der Waals surface area contributed by atoms with Crippen LogP contribution < -0.4 is 4.74 Å². The summed E-state index contributed by atoms with van der Waals surface area (Å²) < 4.78 is 6.41. The lowest BCUT2D eigenvalue weighted by Gasteiger charge is -2.05. The van der Waals surface area contributed by atoms with Crippen molar-refractivity contribution >= 4 is 23.0 Å². The Morgan fingerprint density at radius 2 is 2.00 bits per heavy atom. The fourth-order valence-electron chi connectivity index (χ4n) is 2.40. The second-order valence-electron chi connectivity index (χ2n) is 5.07. The molecule has 2 heterocycles. The molecule has 0 unspecified atom stereocenters. The molecule has 0 radical (unpaired) electrons. The first-order valence-electron chi connectivity index (χ1n) is 7.00. The molecule has 1 aromatic carbocycles. The van der Waals surface area contributed by atoms with Crippen LogP contribution in [0.4, 0.5) is 5.69 Å². The molecule has 0 aliphatic heterocycles. The Labute approximate surface area is 140 Å². The number of imidazole rings is 1. The molecule has 9 nitrogen and oxygen atoms in total. The molecule has 0 amide bonds. The second-order valence-corrected chi connectivity index (χ2v) is 5.07. The van der Waals surface area contributed by atoms with Gasteiger partial charge in [-0.25, -0.2) is 9.78 Å². The minimum Gasteiger partial charge on any atom is -0.490 e. The van der Waals surface area contributed by atoms with E-state index in [1.54, 1.807) is 0 Å². The number of methoxy groups -OCH3 is 1. The molecule has 9 heteroatoms. The topological polar surface area (TPSA) is 124 Å². The molecule has 3 rings (SSSR count). The first kappa shape index (κ1) is 16.1. The SMILES string of the molecule is COc1cc(C(=O)c2ncc3cc(C(=O)O)ccn23)ccc1[N+](=O)[O-]. The number of carboxylic acids is 1. The van der Waals surface area contributed by atoms with Crippen molar-refractivity contribution in [1.29, 1.82) is 0 Å². The van der Waals surface area contributed by atoms with Gasteiger partial charge in [0.1, 0.15) is 0 Å². The van der Waals surface area contributed by atoms with Crippen molar-refractivity contribution < 1.29 is 24.4 Å². The lowest BCUT2D eigenvalue weighted by atomic mass is 10.1. The summed E-state index contributed by atoms with van der Waals surface area (Å²) in [6.45, 7) is 0. The molecule has 1 N–H and O–H groups in total. The van der Waals surface area contributed by atoms with Gasteiger partial charge in [0.25, 0.3) is 0 Å². The maximum atomic E-state index is 12.7. The molecule has 0 spiro atoms.